The summed E-state index contributed by atoms with van der Waals surface area (Å²) in [5.74, 6) is 6.69. The number of hydrazine groups is 1. The van der Waals surface area contributed by atoms with Crippen LogP contribution in [-0.4, -0.2) is 53.8 Å². The normalized spacial score (nSPS) is 21.3. The zero-order chi connectivity index (χ0) is 21.1. The number of aromatic nitrogens is 1. The number of hydrogen-bond donors (Lipinski definition) is 2. The molecule has 1 aliphatic heterocycles. The van der Waals surface area contributed by atoms with E-state index in [4.69, 9.17) is 21.1 Å². The van der Waals surface area contributed by atoms with E-state index < -0.39 is 0 Å². The smallest absolute Gasteiger partial charge is 0.410 e. The standard InChI is InChI=1S/C22H33N5O3/c1-26(24)19(13-29-21(28)27-14-22(15-27)10-5-11-22)20(23)18-9-8-17(12-25-18)30-16-6-3-2-4-7-16/h8-9,12,16H,2-7,10-11,13-15,23-24H2,1H3/b20-19-. The van der Waals surface area contributed by atoms with Crippen LogP contribution in [0.25, 0.3) is 5.70 Å². The third-order valence-corrected chi connectivity index (χ3v) is 6.66. The summed E-state index contributed by atoms with van der Waals surface area (Å²) in [7, 11) is 1.67. The first-order valence-corrected chi connectivity index (χ1v) is 11.0. The summed E-state index contributed by atoms with van der Waals surface area (Å²) in [5.41, 5.74) is 8.15. The number of carbonyl (C=O) groups excluding carboxylic acids is 1. The van der Waals surface area contributed by atoms with Crippen LogP contribution in [0.2, 0.25) is 0 Å². The van der Waals surface area contributed by atoms with Crippen molar-refractivity contribution in [2.24, 2.45) is 17.0 Å². The van der Waals surface area contributed by atoms with Crippen LogP contribution in [0.15, 0.2) is 24.0 Å². The van der Waals surface area contributed by atoms with Crippen LogP contribution >= 0.6 is 0 Å². The summed E-state index contributed by atoms with van der Waals surface area (Å²) in [6.45, 7) is 1.59. The monoisotopic (exact) mass is 415 g/mol. The molecule has 30 heavy (non-hydrogen) atoms. The van der Waals surface area contributed by atoms with E-state index in [0.29, 0.717) is 22.5 Å². The van der Waals surface area contributed by atoms with Gasteiger partial charge in [0.05, 0.1) is 29.4 Å². The van der Waals surface area contributed by atoms with Crippen molar-refractivity contribution < 1.29 is 14.3 Å². The maximum Gasteiger partial charge on any atom is 0.410 e. The molecule has 0 unspecified atom stereocenters. The average Bonchev–Trinajstić information content (AvgIpc) is 2.67. The van der Waals surface area contributed by atoms with Gasteiger partial charge in [0.15, 0.2) is 0 Å². The van der Waals surface area contributed by atoms with Crippen molar-refractivity contribution in [1.82, 2.24) is 14.9 Å². The van der Waals surface area contributed by atoms with Gasteiger partial charge in [0.1, 0.15) is 12.4 Å². The molecule has 3 fully saturated rings. The zero-order valence-electron chi connectivity index (χ0n) is 17.8. The number of hydrogen-bond acceptors (Lipinski definition) is 7. The summed E-state index contributed by atoms with van der Waals surface area (Å²) in [6.07, 6.45) is 11.2. The lowest BCUT2D eigenvalue weighted by atomic mass is 9.64. The molecule has 8 heteroatoms. The van der Waals surface area contributed by atoms with E-state index in [1.165, 1.54) is 43.5 Å². The van der Waals surface area contributed by atoms with Crippen LogP contribution in [-0.2, 0) is 4.74 Å². The summed E-state index contributed by atoms with van der Waals surface area (Å²) < 4.78 is 11.5. The predicted molar refractivity (Wildman–Crippen MR) is 114 cm³/mol. The quantitative estimate of drug-likeness (QED) is 0.543. The second-order valence-electron chi connectivity index (χ2n) is 8.99. The lowest BCUT2D eigenvalue weighted by Gasteiger charge is -2.55. The fourth-order valence-electron chi connectivity index (χ4n) is 4.61. The number of ether oxygens (including phenoxy) is 2. The Balaban J connectivity index is 1.35. The van der Waals surface area contributed by atoms with Crippen molar-refractivity contribution >= 4 is 11.8 Å². The van der Waals surface area contributed by atoms with E-state index in [1.807, 2.05) is 12.1 Å². The maximum atomic E-state index is 12.3. The van der Waals surface area contributed by atoms with Gasteiger partial charge in [0.2, 0.25) is 0 Å². The van der Waals surface area contributed by atoms with Crippen LogP contribution in [0, 0.1) is 5.41 Å². The fourth-order valence-corrected chi connectivity index (χ4v) is 4.61. The number of amides is 1. The Bertz CT molecular complexity index is 774. The summed E-state index contributed by atoms with van der Waals surface area (Å²) >= 11 is 0. The van der Waals surface area contributed by atoms with E-state index in [1.54, 1.807) is 18.1 Å². The van der Waals surface area contributed by atoms with Crippen molar-refractivity contribution in [1.29, 1.82) is 0 Å². The fraction of sp³-hybridized carbons (Fsp3) is 0.636. The van der Waals surface area contributed by atoms with E-state index in [0.717, 1.165) is 31.7 Å². The van der Waals surface area contributed by atoms with Crippen LogP contribution in [0.5, 0.6) is 5.75 Å². The SMILES string of the molecule is CN(N)/C(COC(=O)N1CC2(CCC2)C1)=C(\N)c1ccc(OC2CCCCC2)cn1. The molecule has 3 aliphatic rings. The Hall–Kier alpha value is -2.48. The van der Waals surface area contributed by atoms with E-state index in [-0.39, 0.29) is 18.8 Å². The summed E-state index contributed by atoms with van der Waals surface area (Å²) in [5, 5.41) is 1.38. The number of likely N-dealkylation sites (N-methyl/N-ethyl adjacent to an activating group) is 1. The molecule has 164 valence electrons. The van der Waals surface area contributed by atoms with Crippen LogP contribution in [0.4, 0.5) is 4.79 Å². The Labute approximate surface area is 178 Å². The number of carbonyl (C=O) groups is 1. The molecule has 2 heterocycles. The third kappa shape index (κ3) is 4.48. The van der Waals surface area contributed by atoms with Crippen LogP contribution < -0.4 is 16.3 Å². The Morgan fingerprint density at radius 2 is 1.97 bits per heavy atom. The highest BCUT2D eigenvalue weighted by molar-refractivity contribution is 5.70. The number of likely N-dealkylation sites (tertiary alicyclic amines) is 1. The minimum absolute atomic E-state index is 0.00315. The van der Waals surface area contributed by atoms with Gasteiger partial charge in [-0.3, -0.25) is 4.98 Å². The largest absolute Gasteiger partial charge is 0.489 e. The molecule has 4 N–H and O–H groups in total. The minimum Gasteiger partial charge on any atom is -0.489 e. The molecule has 0 radical (unpaired) electrons. The van der Waals surface area contributed by atoms with Gasteiger partial charge in [0.25, 0.3) is 0 Å². The first-order valence-electron chi connectivity index (χ1n) is 11.0. The molecule has 0 aromatic carbocycles. The molecular weight excluding hydrogens is 382 g/mol. The molecule has 8 nitrogen and oxygen atoms in total. The molecular formula is C22H33N5O3. The van der Waals surface area contributed by atoms with E-state index in [9.17, 15) is 4.79 Å². The molecule has 1 aromatic heterocycles. The highest BCUT2D eigenvalue weighted by atomic mass is 16.6. The van der Waals surface area contributed by atoms with E-state index in [2.05, 4.69) is 4.98 Å². The van der Waals surface area contributed by atoms with Gasteiger partial charge in [-0.15, -0.1) is 0 Å². The highest BCUT2D eigenvalue weighted by Crippen LogP contribution is 2.48. The van der Waals surface area contributed by atoms with Gasteiger partial charge in [-0.25, -0.2) is 10.6 Å². The molecule has 2 saturated carbocycles. The first kappa shape index (κ1) is 20.8. The molecule has 4 rings (SSSR count). The summed E-state index contributed by atoms with van der Waals surface area (Å²) in [6, 6.07) is 3.69. The second-order valence-corrected chi connectivity index (χ2v) is 8.99. The maximum absolute atomic E-state index is 12.3. The summed E-state index contributed by atoms with van der Waals surface area (Å²) in [4.78, 5) is 18.5. The minimum atomic E-state index is -0.316. The molecule has 1 amide bonds. The lowest BCUT2D eigenvalue weighted by Crippen LogP contribution is -2.61. The number of rotatable bonds is 6. The topological polar surface area (TPSA) is 107 Å². The van der Waals surface area contributed by atoms with Gasteiger partial charge >= 0.3 is 6.09 Å². The second kappa shape index (κ2) is 8.71. The molecule has 2 aliphatic carbocycles. The Kier molecular flexibility index (Phi) is 6.04. The van der Waals surface area contributed by atoms with Crippen molar-refractivity contribution in [3.05, 3.63) is 29.7 Å². The van der Waals surface area contributed by atoms with Crippen LogP contribution in [0.1, 0.15) is 57.1 Å². The zero-order valence-corrected chi connectivity index (χ0v) is 17.8. The number of pyridine rings is 1. The predicted octanol–water partition coefficient (Wildman–Crippen LogP) is 2.85. The van der Waals surface area contributed by atoms with Gasteiger partial charge in [-0.2, -0.15) is 0 Å². The first-order chi connectivity index (χ1) is 14.5. The van der Waals surface area contributed by atoms with Gasteiger partial charge in [-0.05, 0) is 50.7 Å². The van der Waals surface area contributed by atoms with Crippen molar-refractivity contribution in [3.63, 3.8) is 0 Å². The number of nitrogens with zero attached hydrogens (tertiary/aromatic N) is 3. The lowest BCUT2D eigenvalue weighted by molar-refractivity contribution is -0.0517. The molecule has 0 bridgehead atoms. The highest BCUT2D eigenvalue weighted by Gasteiger charge is 2.49. The van der Waals surface area contributed by atoms with Gasteiger partial charge < -0.3 is 25.1 Å². The van der Waals surface area contributed by atoms with Crippen molar-refractivity contribution in [2.75, 3.05) is 26.7 Å². The Morgan fingerprint density at radius 3 is 2.53 bits per heavy atom. The van der Waals surface area contributed by atoms with Crippen molar-refractivity contribution in [3.8, 4) is 5.75 Å². The average molecular weight is 416 g/mol. The van der Waals surface area contributed by atoms with Crippen molar-refractivity contribution in [2.45, 2.75) is 57.5 Å². The molecule has 1 aromatic rings. The van der Waals surface area contributed by atoms with E-state index >= 15 is 0 Å². The molecule has 0 atom stereocenters. The van der Waals surface area contributed by atoms with Crippen LogP contribution in [0.3, 0.4) is 0 Å². The Morgan fingerprint density at radius 1 is 1.23 bits per heavy atom. The third-order valence-electron chi connectivity index (χ3n) is 6.66. The number of nitrogens with two attached hydrogens (primary N) is 2. The van der Waals surface area contributed by atoms with Gasteiger partial charge in [-0.1, -0.05) is 12.8 Å². The van der Waals surface area contributed by atoms with Gasteiger partial charge in [0, 0.05) is 25.6 Å². The molecule has 1 spiro atoms. The molecule has 1 saturated heterocycles.